The molecule has 0 unspecified atom stereocenters. The van der Waals surface area contributed by atoms with E-state index < -0.39 is 14.6 Å². The number of aromatic nitrogens is 3. The van der Waals surface area contributed by atoms with Gasteiger partial charge in [-0.2, -0.15) is 0 Å². The molecule has 0 fully saturated rings. The average molecular weight is 359 g/mol. The maximum atomic E-state index is 12.1. The smallest absolute Gasteiger partial charge is 0.191 e. The van der Waals surface area contributed by atoms with E-state index in [2.05, 4.69) is 25.8 Å². The van der Waals surface area contributed by atoms with Crippen molar-refractivity contribution in [1.29, 1.82) is 0 Å². The summed E-state index contributed by atoms with van der Waals surface area (Å²) in [6.45, 7) is 11.5. The van der Waals surface area contributed by atoms with E-state index in [9.17, 15) is 8.42 Å². The number of guanidine groups is 1. The zero-order valence-corrected chi connectivity index (χ0v) is 16.2. The fraction of sp³-hybridized carbons (Fsp3) is 0.800. The number of aryl methyl sites for hydroxylation is 1. The lowest BCUT2D eigenvalue weighted by atomic mass is 10.3. The van der Waals surface area contributed by atoms with Crippen molar-refractivity contribution in [3.05, 3.63) is 12.2 Å². The number of hydrogen-bond donors (Lipinski definition) is 2. The predicted octanol–water partition coefficient (Wildman–Crippen LogP) is 0.609. The molecule has 1 aromatic heterocycles. The Kier molecular flexibility index (Phi) is 7.65. The first-order chi connectivity index (χ1) is 11.2. The lowest BCUT2D eigenvalue weighted by molar-refractivity contribution is 0.560. The number of nitrogens with zero attached hydrogens (tertiary/aromatic N) is 4. The van der Waals surface area contributed by atoms with Crippen molar-refractivity contribution in [2.75, 3.05) is 25.4 Å². The molecule has 2 N–H and O–H groups in total. The monoisotopic (exact) mass is 358 g/mol. The fourth-order valence-corrected chi connectivity index (χ4v) is 2.90. The van der Waals surface area contributed by atoms with Crippen molar-refractivity contribution < 1.29 is 8.42 Å². The van der Waals surface area contributed by atoms with E-state index in [-0.39, 0.29) is 12.3 Å². The van der Waals surface area contributed by atoms with Crippen molar-refractivity contribution in [3.63, 3.8) is 0 Å². The molecule has 24 heavy (non-hydrogen) atoms. The molecule has 0 radical (unpaired) electrons. The topological polar surface area (TPSA) is 101 Å². The van der Waals surface area contributed by atoms with Crippen LogP contribution in [-0.2, 0) is 22.8 Å². The molecule has 0 atom stereocenters. The van der Waals surface area contributed by atoms with E-state index in [0.29, 0.717) is 19.0 Å². The van der Waals surface area contributed by atoms with Gasteiger partial charge >= 0.3 is 0 Å². The Labute approximate surface area is 145 Å². The first-order valence-corrected chi connectivity index (χ1v) is 9.97. The highest BCUT2D eigenvalue weighted by Crippen LogP contribution is 2.15. The number of aliphatic imine (C=N–C) groups is 1. The van der Waals surface area contributed by atoms with Gasteiger partial charge in [-0.15, -0.1) is 10.2 Å². The molecule has 0 aliphatic carbocycles. The molecular weight excluding hydrogens is 328 g/mol. The van der Waals surface area contributed by atoms with Gasteiger partial charge in [-0.05, 0) is 27.7 Å². The lowest BCUT2D eigenvalue weighted by Crippen LogP contribution is -2.39. The van der Waals surface area contributed by atoms with Gasteiger partial charge in [0.1, 0.15) is 12.2 Å². The Morgan fingerprint density at radius 1 is 1.29 bits per heavy atom. The normalized spacial score (nSPS) is 13.1. The van der Waals surface area contributed by atoms with Crippen LogP contribution in [0.25, 0.3) is 0 Å². The summed E-state index contributed by atoms with van der Waals surface area (Å²) in [4.78, 5) is 4.35. The zero-order valence-electron chi connectivity index (χ0n) is 15.3. The number of nitrogens with one attached hydrogen (secondary N) is 2. The van der Waals surface area contributed by atoms with Crippen molar-refractivity contribution >= 4 is 15.8 Å². The Hall–Kier alpha value is -1.64. The van der Waals surface area contributed by atoms with Crippen LogP contribution in [0.1, 0.15) is 40.4 Å². The van der Waals surface area contributed by atoms with E-state index in [4.69, 9.17) is 0 Å². The number of hydrogen-bond acceptors (Lipinski definition) is 5. The molecule has 0 amide bonds. The van der Waals surface area contributed by atoms with Crippen LogP contribution in [0.4, 0.5) is 0 Å². The number of rotatable bonds is 8. The summed E-state index contributed by atoms with van der Waals surface area (Å²) in [5, 5.41) is 14.3. The minimum Gasteiger partial charge on any atom is -0.357 e. The van der Waals surface area contributed by atoms with Crippen molar-refractivity contribution in [2.24, 2.45) is 4.99 Å². The van der Waals surface area contributed by atoms with Crippen LogP contribution in [-0.4, -0.2) is 59.3 Å². The van der Waals surface area contributed by atoms with Crippen molar-refractivity contribution in [1.82, 2.24) is 25.4 Å². The van der Waals surface area contributed by atoms with Crippen molar-refractivity contribution in [2.45, 2.75) is 52.3 Å². The predicted molar refractivity (Wildman–Crippen MR) is 96.9 cm³/mol. The van der Waals surface area contributed by atoms with Gasteiger partial charge in [-0.3, -0.25) is 4.99 Å². The standard InChI is InChI=1S/C15H30N6O2S/c1-6-13-20-19-12-21(13)10-8-17-14(16-7-2)18-9-11-24(22,23)15(3,4)5/h12H,6-11H2,1-5H3,(H2,16,17,18). The van der Waals surface area contributed by atoms with Gasteiger partial charge < -0.3 is 15.2 Å². The molecule has 138 valence electrons. The summed E-state index contributed by atoms with van der Waals surface area (Å²) in [6, 6.07) is 0. The van der Waals surface area contributed by atoms with Gasteiger partial charge in [0.05, 0.1) is 17.0 Å². The van der Waals surface area contributed by atoms with Gasteiger partial charge in [0.2, 0.25) is 0 Å². The second kappa shape index (κ2) is 9.00. The van der Waals surface area contributed by atoms with E-state index in [0.717, 1.165) is 18.8 Å². The molecule has 0 aliphatic heterocycles. The number of sulfone groups is 1. The molecule has 0 spiro atoms. The fourth-order valence-electron chi connectivity index (χ4n) is 1.96. The minimum atomic E-state index is -3.16. The molecule has 8 nitrogen and oxygen atoms in total. The maximum absolute atomic E-state index is 12.1. The Morgan fingerprint density at radius 3 is 2.58 bits per heavy atom. The molecule has 1 aromatic rings. The van der Waals surface area contributed by atoms with Crippen LogP contribution in [0.2, 0.25) is 0 Å². The lowest BCUT2D eigenvalue weighted by Gasteiger charge is -2.18. The summed E-state index contributed by atoms with van der Waals surface area (Å²) >= 11 is 0. The minimum absolute atomic E-state index is 0.0402. The highest BCUT2D eigenvalue weighted by Gasteiger charge is 2.28. The molecule has 0 saturated heterocycles. The second-order valence-electron chi connectivity index (χ2n) is 6.41. The molecule has 0 aliphatic rings. The second-order valence-corrected chi connectivity index (χ2v) is 9.28. The van der Waals surface area contributed by atoms with Crippen LogP contribution in [0.3, 0.4) is 0 Å². The third-order valence-electron chi connectivity index (χ3n) is 3.56. The Bertz CT molecular complexity index is 631. The zero-order chi connectivity index (χ0) is 18.2. The maximum Gasteiger partial charge on any atom is 0.191 e. The van der Waals surface area contributed by atoms with Crippen LogP contribution >= 0.6 is 0 Å². The Balaban J connectivity index is 2.54. The molecule has 1 rings (SSSR count). The molecule has 0 aromatic carbocycles. The van der Waals surface area contributed by atoms with Crippen LogP contribution < -0.4 is 10.6 Å². The molecule has 9 heteroatoms. The average Bonchev–Trinajstić information content (AvgIpc) is 2.93. The third-order valence-corrected chi connectivity index (χ3v) is 6.15. The van der Waals surface area contributed by atoms with Crippen LogP contribution in [0.15, 0.2) is 11.3 Å². The molecular formula is C15H30N6O2S. The first-order valence-electron chi connectivity index (χ1n) is 8.32. The van der Waals surface area contributed by atoms with Gasteiger partial charge in [0.25, 0.3) is 0 Å². The van der Waals surface area contributed by atoms with Gasteiger partial charge in [-0.25, -0.2) is 8.42 Å². The van der Waals surface area contributed by atoms with Gasteiger partial charge in [0.15, 0.2) is 15.8 Å². The quantitative estimate of drug-likeness (QED) is 0.521. The summed E-state index contributed by atoms with van der Waals surface area (Å²) < 4.78 is 25.4. The highest BCUT2D eigenvalue weighted by molar-refractivity contribution is 7.92. The van der Waals surface area contributed by atoms with E-state index in [1.54, 1.807) is 27.1 Å². The third kappa shape index (κ3) is 6.10. The SMILES string of the molecule is CCNC(=NCCS(=O)(=O)C(C)(C)C)NCCn1cnnc1CC. The van der Waals surface area contributed by atoms with Gasteiger partial charge in [-0.1, -0.05) is 6.92 Å². The van der Waals surface area contributed by atoms with E-state index in [1.807, 2.05) is 18.4 Å². The highest BCUT2D eigenvalue weighted by atomic mass is 32.2. The first kappa shape index (κ1) is 20.4. The van der Waals surface area contributed by atoms with E-state index in [1.165, 1.54) is 0 Å². The van der Waals surface area contributed by atoms with Gasteiger partial charge in [0, 0.05) is 26.1 Å². The van der Waals surface area contributed by atoms with Crippen molar-refractivity contribution in [3.8, 4) is 0 Å². The molecule has 0 saturated carbocycles. The molecule has 1 heterocycles. The largest absolute Gasteiger partial charge is 0.357 e. The Morgan fingerprint density at radius 2 is 2.00 bits per heavy atom. The molecule has 0 bridgehead atoms. The summed E-state index contributed by atoms with van der Waals surface area (Å²) in [6.07, 6.45) is 2.54. The summed E-state index contributed by atoms with van der Waals surface area (Å²) in [5.74, 6) is 1.60. The summed E-state index contributed by atoms with van der Waals surface area (Å²) in [7, 11) is -3.16. The van der Waals surface area contributed by atoms with E-state index >= 15 is 0 Å². The van der Waals surface area contributed by atoms with Crippen LogP contribution in [0.5, 0.6) is 0 Å². The summed E-state index contributed by atoms with van der Waals surface area (Å²) in [5.41, 5.74) is 0. The van der Waals surface area contributed by atoms with Crippen LogP contribution in [0, 0.1) is 0 Å².